The Morgan fingerprint density at radius 1 is 1.09 bits per heavy atom. The molecular weight excluding hydrogens is 135 g/mol. The molecule has 0 aromatic carbocycles. The molecule has 2 aliphatic heterocycles. The maximum absolute atomic E-state index is 5.94. The molecule has 1 nitrogen and oxygen atoms in total. The van der Waals surface area contributed by atoms with Crippen LogP contribution in [0.5, 0.6) is 0 Å². The molecule has 0 saturated carbocycles. The average Bonchev–Trinajstić information content (AvgIpc) is 2.16. The lowest BCUT2D eigenvalue weighted by atomic mass is 9.56. The Kier molecular flexibility index (Phi) is 2.21. The van der Waals surface area contributed by atoms with Crippen LogP contribution in [-0.4, -0.2) is 13.0 Å². The van der Waals surface area contributed by atoms with Gasteiger partial charge < -0.3 is 4.65 Å². The van der Waals surface area contributed by atoms with Gasteiger partial charge in [0, 0.05) is 6.10 Å². The Labute approximate surface area is 69.6 Å². The topological polar surface area (TPSA) is 9.23 Å². The highest BCUT2D eigenvalue weighted by Crippen LogP contribution is 2.35. The van der Waals surface area contributed by atoms with Gasteiger partial charge in [-0.3, -0.25) is 0 Å². The van der Waals surface area contributed by atoms with Crippen molar-refractivity contribution in [3.05, 3.63) is 0 Å². The molecule has 2 saturated heterocycles. The van der Waals surface area contributed by atoms with Crippen LogP contribution in [0.4, 0.5) is 0 Å². The summed E-state index contributed by atoms with van der Waals surface area (Å²) >= 11 is 0. The third-order valence-corrected chi connectivity index (χ3v) is 3.27. The smallest absolute Gasteiger partial charge is 0.293 e. The van der Waals surface area contributed by atoms with E-state index < -0.39 is 0 Å². The van der Waals surface area contributed by atoms with E-state index in [9.17, 15) is 0 Å². The van der Waals surface area contributed by atoms with Crippen molar-refractivity contribution in [2.24, 2.45) is 0 Å². The fourth-order valence-corrected chi connectivity index (χ4v) is 2.52. The first-order valence-corrected chi connectivity index (χ1v) is 5.02. The van der Waals surface area contributed by atoms with Gasteiger partial charge in [0.15, 0.2) is 0 Å². The highest BCUT2D eigenvalue weighted by atomic mass is 16.4. The molecule has 0 aromatic rings. The summed E-state index contributed by atoms with van der Waals surface area (Å²) in [6.07, 6.45) is 8.88. The van der Waals surface area contributed by atoms with Gasteiger partial charge in [0.1, 0.15) is 0 Å². The van der Waals surface area contributed by atoms with E-state index >= 15 is 0 Å². The molecule has 0 unspecified atom stereocenters. The predicted molar refractivity (Wildman–Crippen MR) is 47.9 cm³/mol. The summed E-state index contributed by atoms with van der Waals surface area (Å²) in [6, 6.07) is 0. The van der Waals surface area contributed by atoms with Crippen LogP contribution in [0.25, 0.3) is 0 Å². The van der Waals surface area contributed by atoms with Gasteiger partial charge in [-0.15, -0.1) is 0 Å². The first-order chi connectivity index (χ1) is 5.36. The molecule has 62 valence electrons. The Hall–Kier alpha value is 0.0249. The SMILES string of the molecule is CB1OC2CCCC1CCC2. The van der Waals surface area contributed by atoms with E-state index in [1.54, 1.807) is 0 Å². The molecule has 0 N–H and O–H groups in total. The number of hydrogen-bond donors (Lipinski definition) is 0. The van der Waals surface area contributed by atoms with Gasteiger partial charge in [-0.1, -0.05) is 32.5 Å². The molecule has 0 aliphatic carbocycles. The van der Waals surface area contributed by atoms with E-state index in [2.05, 4.69) is 6.82 Å². The fraction of sp³-hybridized carbons (Fsp3) is 1.00. The van der Waals surface area contributed by atoms with E-state index in [4.69, 9.17) is 4.65 Å². The summed E-state index contributed by atoms with van der Waals surface area (Å²) in [4.78, 5) is 0. The van der Waals surface area contributed by atoms with Crippen molar-refractivity contribution in [2.45, 2.75) is 57.3 Å². The average molecular weight is 152 g/mol. The Morgan fingerprint density at radius 2 is 1.73 bits per heavy atom. The molecule has 2 heterocycles. The Bertz CT molecular complexity index is 128. The van der Waals surface area contributed by atoms with Crippen molar-refractivity contribution >= 4 is 6.92 Å². The van der Waals surface area contributed by atoms with Gasteiger partial charge in [-0.05, 0) is 18.7 Å². The zero-order chi connectivity index (χ0) is 7.68. The summed E-state index contributed by atoms with van der Waals surface area (Å²) in [5.74, 6) is 0.877. The minimum Gasteiger partial charge on any atom is -0.433 e. The largest absolute Gasteiger partial charge is 0.433 e. The van der Waals surface area contributed by atoms with Crippen LogP contribution >= 0.6 is 0 Å². The summed E-state index contributed by atoms with van der Waals surface area (Å²) in [5.41, 5.74) is 0. The van der Waals surface area contributed by atoms with E-state index in [1.807, 2.05) is 0 Å². The molecule has 2 aliphatic rings. The summed E-state index contributed by atoms with van der Waals surface area (Å²) < 4.78 is 5.94. The molecule has 0 amide bonds. The van der Waals surface area contributed by atoms with Crippen molar-refractivity contribution in [1.82, 2.24) is 0 Å². The Balaban J connectivity index is 2.08. The molecule has 2 bridgehead atoms. The van der Waals surface area contributed by atoms with Gasteiger partial charge in [-0.2, -0.15) is 0 Å². The van der Waals surface area contributed by atoms with Crippen molar-refractivity contribution in [3.8, 4) is 0 Å². The molecule has 0 spiro atoms. The van der Waals surface area contributed by atoms with Crippen LogP contribution in [0, 0.1) is 0 Å². The first-order valence-electron chi connectivity index (χ1n) is 5.02. The lowest BCUT2D eigenvalue weighted by molar-refractivity contribution is 0.189. The second kappa shape index (κ2) is 3.18. The third kappa shape index (κ3) is 1.61. The monoisotopic (exact) mass is 152 g/mol. The first kappa shape index (κ1) is 7.66. The number of fused-ring (bicyclic) bond motifs is 3. The highest BCUT2D eigenvalue weighted by Gasteiger charge is 2.31. The molecule has 11 heavy (non-hydrogen) atoms. The molecular formula is C9H17BO. The van der Waals surface area contributed by atoms with Crippen molar-refractivity contribution in [1.29, 1.82) is 0 Å². The fourth-order valence-electron chi connectivity index (χ4n) is 2.52. The summed E-state index contributed by atoms with van der Waals surface area (Å²) in [6.45, 7) is 2.80. The van der Waals surface area contributed by atoms with Crippen LogP contribution in [0.2, 0.25) is 12.6 Å². The lowest BCUT2D eigenvalue weighted by Gasteiger charge is -2.15. The van der Waals surface area contributed by atoms with Crippen LogP contribution in [0.1, 0.15) is 38.5 Å². The van der Waals surface area contributed by atoms with Gasteiger partial charge in [0.05, 0.1) is 0 Å². The predicted octanol–water partition coefficient (Wildman–Crippen LogP) is 2.73. The van der Waals surface area contributed by atoms with Crippen LogP contribution in [0.15, 0.2) is 0 Å². The van der Waals surface area contributed by atoms with Crippen molar-refractivity contribution in [2.75, 3.05) is 0 Å². The minimum absolute atomic E-state index is 0.546. The van der Waals surface area contributed by atoms with Crippen molar-refractivity contribution in [3.63, 3.8) is 0 Å². The number of rotatable bonds is 0. The molecule has 2 rings (SSSR count). The number of hydrogen-bond acceptors (Lipinski definition) is 1. The van der Waals surface area contributed by atoms with Crippen LogP contribution in [-0.2, 0) is 4.65 Å². The van der Waals surface area contributed by atoms with Gasteiger partial charge in [0.2, 0.25) is 0 Å². The van der Waals surface area contributed by atoms with E-state index in [-0.39, 0.29) is 0 Å². The van der Waals surface area contributed by atoms with E-state index in [1.165, 1.54) is 38.5 Å². The van der Waals surface area contributed by atoms with Gasteiger partial charge in [0.25, 0.3) is 6.92 Å². The zero-order valence-corrected chi connectivity index (χ0v) is 7.38. The van der Waals surface area contributed by atoms with E-state index in [0.29, 0.717) is 13.0 Å². The van der Waals surface area contributed by atoms with E-state index in [0.717, 1.165) is 5.82 Å². The van der Waals surface area contributed by atoms with Crippen molar-refractivity contribution < 1.29 is 4.65 Å². The summed E-state index contributed by atoms with van der Waals surface area (Å²) in [7, 11) is 0. The maximum Gasteiger partial charge on any atom is 0.293 e. The quantitative estimate of drug-likeness (QED) is 0.485. The molecule has 2 heteroatoms. The third-order valence-electron chi connectivity index (χ3n) is 3.27. The Morgan fingerprint density at radius 3 is 2.36 bits per heavy atom. The second-order valence-corrected chi connectivity index (χ2v) is 4.09. The van der Waals surface area contributed by atoms with Crippen LogP contribution < -0.4 is 0 Å². The maximum atomic E-state index is 5.94. The second-order valence-electron chi connectivity index (χ2n) is 4.09. The molecule has 0 aromatic heterocycles. The molecule has 2 fully saturated rings. The highest BCUT2D eigenvalue weighted by molar-refractivity contribution is 6.52. The van der Waals surface area contributed by atoms with Crippen LogP contribution in [0.3, 0.4) is 0 Å². The molecule has 0 atom stereocenters. The zero-order valence-electron chi connectivity index (χ0n) is 7.38. The summed E-state index contributed by atoms with van der Waals surface area (Å²) in [5, 5.41) is 0. The standard InChI is InChI=1S/C9H17BO/c1-10-8-4-2-6-9(11-10)7-3-5-8/h8-9H,2-7H2,1H3. The van der Waals surface area contributed by atoms with Gasteiger partial charge >= 0.3 is 0 Å². The van der Waals surface area contributed by atoms with Gasteiger partial charge in [-0.25, -0.2) is 0 Å². The minimum atomic E-state index is 0.546. The lowest BCUT2D eigenvalue weighted by Crippen LogP contribution is -2.21. The molecule has 0 radical (unpaired) electrons. The normalized spacial score (nSPS) is 38.5.